The minimum Gasteiger partial charge on any atom is -0.370 e. The Balaban J connectivity index is 2.75. The molecule has 0 heterocycles. The van der Waals surface area contributed by atoms with Gasteiger partial charge < -0.3 is 4.74 Å². The van der Waals surface area contributed by atoms with E-state index in [1.807, 2.05) is 0 Å². The molecule has 78 valence electrons. The van der Waals surface area contributed by atoms with Crippen molar-refractivity contribution in [1.29, 1.82) is 0 Å². The molecule has 0 aromatic heterocycles. The number of hydrogen-bond acceptors (Lipinski definition) is 2. The molecule has 1 N–H and O–H groups in total. The molecule has 1 rings (SSSR count). The summed E-state index contributed by atoms with van der Waals surface area (Å²) in [6.45, 7) is 7.93. The highest BCUT2D eigenvalue weighted by molar-refractivity contribution is 5.37. The maximum Gasteiger partial charge on any atom is 0.0964 e. The topological polar surface area (TPSA) is 21.3 Å². The fourth-order valence-corrected chi connectivity index (χ4v) is 1.77. The first-order valence-corrected chi connectivity index (χ1v) is 4.91. The van der Waals surface area contributed by atoms with Crippen LogP contribution in [-0.2, 0) is 11.3 Å². The van der Waals surface area contributed by atoms with Crippen LogP contribution < -0.4 is 5.32 Å². The molecule has 0 unspecified atom stereocenters. The molecule has 0 bridgehead atoms. The Labute approximate surface area is 86.3 Å². The number of rotatable bonds is 4. The lowest BCUT2D eigenvalue weighted by Gasteiger charge is -2.11. The second-order valence-corrected chi connectivity index (χ2v) is 3.74. The van der Waals surface area contributed by atoms with Crippen molar-refractivity contribution in [3.05, 3.63) is 34.4 Å². The van der Waals surface area contributed by atoms with Crippen molar-refractivity contribution in [2.75, 3.05) is 13.8 Å². The lowest BCUT2D eigenvalue weighted by atomic mass is 10.00. The van der Waals surface area contributed by atoms with Crippen LogP contribution in [0, 0.1) is 20.8 Å². The Morgan fingerprint density at radius 3 is 2.21 bits per heavy atom. The van der Waals surface area contributed by atoms with Gasteiger partial charge in [0.05, 0.1) is 6.73 Å². The van der Waals surface area contributed by atoms with E-state index in [0.29, 0.717) is 6.73 Å². The van der Waals surface area contributed by atoms with Crippen LogP contribution in [0.25, 0.3) is 0 Å². The van der Waals surface area contributed by atoms with E-state index in [1.54, 1.807) is 7.11 Å². The number of aryl methyl sites for hydroxylation is 3. The van der Waals surface area contributed by atoms with Crippen molar-refractivity contribution in [1.82, 2.24) is 5.32 Å². The van der Waals surface area contributed by atoms with E-state index in [0.717, 1.165) is 6.54 Å². The van der Waals surface area contributed by atoms with Gasteiger partial charge in [-0.1, -0.05) is 17.7 Å². The maximum absolute atomic E-state index is 4.96. The van der Waals surface area contributed by atoms with E-state index >= 15 is 0 Å². The van der Waals surface area contributed by atoms with Crippen LogP contribution in [0.3, 0.4) is 0 Å². The van der Waals surface area contributed by atoms with Crippen molar-refractivity contribution in [3.8, 4) is 0 Å². The first-order chi connectivity index (χ1) is 6.65. The Bertz CT molecular complexity index is 284. The molecule has 0 fully saturated rings. The molecule has 0 radical (unpaired) electrons. The molecule has 0 saturated carbocycles. The van der Waals surface area contributed by atoms with Gasteiger partial charge in [-0.15, -0.1) is 0 Å². The molecule has 14 heavy (non-hydrogen) atoms. The van der Waals surface area contributed by atoms with Crippen LogP contribution in [0.2, 0.25) is 0 Å². The predicted molar refractivity (Wildman–Crippen MR) is 59.4 cm³/mol. The predicted octanol–water partition coefficient (Wildman–Crippen LogP) is 2.31. The molecule has 0 aliphatic heterocycles. The highest BCUT2D eigenvalue weighted by atomic mass is 16.5. The van der Waals surface area contributed by atoms with Crippen LogP contribution >= 0.6 is 0 Å². The van der Waals surface area contributed by atoms with Crippen molar-refractivity contribution < 1.29 is 4.74 Å². The highest BCUT2D eigenvalue weighted by Gasteiger charge is 2.02. The fraction of sp³-hybridized carbons (Fsp3) is 0.500. The average Bonchev–Trinajstić information content (AvgIpc) is 2.09. The summed E-state index contributed by atoms with van der Waals surface area (Å²) >= 11 is 0. The zero-order valence-corrected chi connectivity index (χ0v) is 9.48. The molecule has 0 amide bonds. The molecule has 1 aromatic carbocycles. The summed E-state index contributed by atoms with van der Waals surface area (Å²) in [4.78, 5) is 0. The van der Waals surface area contributed by atoms with E-state index in [-0.39, 0.29) is 0 Å². The monoisotopic (exact) mass is 193 g/mol. The summed E-state index contributed by atoms with van der Waals surface area (Å²) in [6, 6.07) is 4.44. The molecule has 0 aliphatic rings. The van der Waals surface area contributed by atoms with E-state index in [1.165, 1.54) is 22.3 Å². The Hall–Kier alpha value is -0.860. The third-order valence-corrected chi connectivity index (χ3v) is 2.39. The molecule has 0 spiro atoms. The quantitative estimate of drug-likeness (QED) is 0.585. The van der Waals surface area contributed by atoms with Gasteiger partial charge in [0.25, 0.3) is 0 Å². The van der Waals surface area contributed by atoms with E-state index in [2.05, 4.69) is 38.2 Å². The number of ether oxygens (including phenoxy) is 1. The van der Waals surface area contributed by atoms with E-state index in [9.17, 15) is 0 Å². The number of hydrogen-bond donors (Lipinski definition) is 1. The summed E-state index contributed by atoms with van der Waals surface area (Å²) < 4.78 is 4.96. The number of benzene rings is 1. The molecular formula is C12H19NO. The second-order valence-electron chi connectivity index (χ2n) is 3.74. The van der Waals surface area contributed by atoms with Gasteiger partial charge in [0, 0.05) is 13.7 Å². The second kappa shape index (κ2) is 5.13. The highest BCUT2D eigenvalue weighted by Crippen LogP contribution is 2.15. The fourth-order valence-electron chi connectivity index (χ4n) is 1.77. The SMILES string of the molecule is COCNCc1c(C)cc(C)cc1C. The molecule has 2 nitrogen and oxygen atoms in total. The molecule has 0 saturated heterocycles. The zero-order valence-electron chi connectivity index (χ0n) is 9.48. The minimum absolute atomic E-state index is 0.604. The van der Waals surface area contributed by atoms with Crippen LogP contribution in [0.15, 0.2) is 12.1 Å². The van der Waals surface area contributed by atoms with Crippen molar-refractivity contribution in [2.45, 2.75) is 27.3 Å². The van der Waals surface area contributed by atoms with Crippen LogP contribution in [-0.4, -0.2) is 13.8 Å². The number of nitrogens with one attached hydrogen (secondary N) is 1. The average molecular weight is 193 g/mol. The van der Waals surface area contributed by atoms with Gasteiger partial charge in [0.1, 0.15) is 0 Å². The Kier molecular flexibility index (Phi) is 4.11. The van der Waals surface area contributed by atoms with Crippen LogP contribution in [0.1, 0.15) is 22.3 Å². The van der Waals surface area contributed by atoms with Gasteiger partial charge in [-0.05, 0) is 37.5 Å². The van der Waals surface area contributed by atoms with Crippen molar-refractivity contribution in [2.24, 2.45) is 0 Å². The van der Waals surface area contributed by atoms with Gasteiger partial charge in [-0.25, -0.2) is 0 Å². The Morgan fingerprint density at radius 1 is 1.14 bits per heavy atom. The van der Waals surface area contributed by atoms with E-state index < -0.39 is 0 Å². The van der Waals surface area contributed by atoms with Gasteiger partial charge >= 0.3 is 0 Å². The zero-order chi connectivity index (χ0) is 10.6. The van der Waals surface area contributed by atoms with Crippen molar-refractivity contribution in [3.63, 3.8) is 0 Å². The number of methoxy groups -OCH3 is 1. The summed E-state index contributed by atoms with van der Waals surface area (Å²) in [7, 11) is 1.70. The smallest absolute Gasteiger partial charge is 0.0964 e. The standard InChI is InChI=1S/C12H19NO/c1-9-5-10(2)12(11(3)6-9)7-13-8-14-4/h5-6,13H,7-8H2,1-4H3. The van der Waals surface area contributed by atoms with Crippen LogP contribution in [0.4, 0.5) is 0 Å². The lowest BCUT2D eigenvalue weighted by Crippen LogP contribution is -2.17. The van der Waals surface area contributed by atoms with Gasteiger partial charge in [0.2, 0.25) is 0 Å². The van der Waals surface area contributed by atoms with Gasteiger partial charge in [-0.3, -0.25) is 5.32 Å². The third kappa shape index (κ3) is 2.82. The maximum atomic E-state index is 4.96. The minimum atomic E-state index is 0.604. The lowest BCUT2D eigenvalue weighted by molar-refractivity contribution is 0.174. The van der Waals surface area contributed by atoms with E-state index in [4.69, 9.17) is 4.74 Å². The molecule has 0 aliphatic carbocycles. The summed E-state index contributed by atoms with van der Waals surface area (Å²) in [5.41, 5.74) is 5.42. The normalized spacial score (nSPS) is 10.6. The molecular weight excluding hydrogens is 174 g/mol. The summed E-state index contributed by atoms with van der Waals surface area (Å²) in [5.74, 6) is 0. The molecule has 2 heteroatoms. The van der Waals surface area contributed by atoms with Crippen LogP contribution in [0.5, 0.6) is 0 Å². The van der Waals surface area contributed by atoms with Gasteiger partial charge in [0.15, 0.2) is 0 Å². The summed E-state index contributed by atoms with van der Waals surface area (Å²) in [6.07, 6.45) is 0. The first kappa shape index (κ1) is 11.2. The van der Waals surface area contributed by atoms with Gasteiger partial charge in [-0.2, -0.15) is 0 Å². The molecule has 1 aromatic rings. The Morgan fingerprint density at radius 2 is 1.71 bits per heavy atom. The molecule has 0 atom stereocenters. The summed E-state index contributed by atoms with van der Waals surface area (Å²) in [5, 5.41) is 3.23. The first-order valence-electron chi connectivity index (χ1n) is 4.91. The largest absolute Gasteiger partial charge is 0.370 e. The van der Waals surface area contributed by atoms with Crippen molar-refractivity contribution >= 4 is 0 Å². The third-order valence-electron chi connectivity index (χ3n) is 2.39.